The zero-order chi connectivity index (χ0) is 14.5. The number of nitrogens with zero attached hydrogens (tertiary/aromatic N) is 2. The number of pyridine rings is 2. The first-order valence-corrected chi connectivity index (χ1v) is 7.06. The summed E-state index contributed by atoms with van der Waals surface area (Å²) in [5, 5.41) is 0.438. The van der Waals surface area contributed by atoms with Crippen molar-refractivity contribution < 1.29 is 4.74 Å². The van der Waals surface area contributed by atoms with Crippen LogP contribution in [0.5, 0.6) is 11.8 Å². The summed E-state index contributed by atoms with van der Waals surface area (Å²) in [4.78, 5) is 8.81. The molecule has 104 valence electrons. The van der Waals surface area contributed by atoms with E-state index in [0.29, 0.717) is 16.9 Å². The van der Waals surface area contributed by atoms with Crippen LogP contribution in [0.3, 0.4) is 0 Å². The molecule has 0 aliphatic carbocycles. The average Bonchev–Trinajstić information content (AvgIpc) is 2.34. The molecule has 1 aliphatic rings. The predicted molar refractivity (Wildman–Crippen MR) is 79.6 cm³/mol. The van der Waals surface area contributed by atoms with Gasteiger partial charge in [-0.3, -0.25) is 0 Å². The van der Waals surface area contributed by atoms with Gasteiger partial charge >= 0.3 is 0 Å². The van der Waals surface area contributed by atoms with Crippen molar-refractivity contribution in [3.63, 3.8) is 0 Å². The molecule has 4 heteroatoms. The third-order valence-corrected chi connectivity index (χ3v) is 3.78. The summed E-state index contributed by atoms with van der Waals surface area (Å²) in [5.41, 5.74) is 3.15. The van der Waals surface area contributed by atoms with E-state index in [1.807, 2.05) is 25.1 Å². The fraction of sp³-hybridized carbons (Fsp3) is 0.375. The smallest absolute Gasteiger partial charge is 0.226 e. The van der Waals surface area contributed by atoms with Crippen molar-refractivity contribution in [2.24, 2.45) is 5.41 Å². The summed E-state index contributed by atoms with van der Waals surface area (Å²) in [6.45, 7) is 8.59. The maximum absolute atomic E-state index is 5.99. The lowest BCUT2D eigenvalue weighted by molar-refractivity contribution is 0.314. The predicted octanol–water partition coefficient (Wildman–Crippen LogP) is 4.72. The van der Waals surface area contributed by atoms with Gasteiger partial charge in [-0.05, 0) is 30.5 Å². The maximum atomic E-state index is 5.99. The van der Waals surface area contributed by atoms with Crippen molar-refractivity contribution in [3.8, 4) is 11.8 Å². The van der Waals surface area contributed by atoms with Crippen molar-refractivity contribution in [2.45, 2.75) is 33.6 Å². The van der Waals surface area contributed by atoms with Crippen molar-refractivity contribution in [1.82, 2.24) is 9.97 Å². The quantitative estimate of drug-likeness (QED) is 0.658. The Morgan fingerprint density at radius 3 is 2.25 bits per heavy atom. The standard InChI is InChI=1S/C16H17ClN2O/c1-9-5-6-10-13(16(2,3)4)11-7-8-12(17)19-15(11)20-14(10)18-9/h5-8,13H,1-4H3. The number of aryl methyl sites for hydroxylation is 1. The molecule has 2 aromatic rings. The molecular weight excluding hydrogens is 272 g/mol. The molecule has 0 aromatic carbocycles. The van der Waals surface area contributed by atoms with Crippen LogP contribution in [0.25, 0.3) is 0 Å². The minimum Gasteiger partial charge on any atom is -0.420 e. The molecule has 0 saturated carbocycles. The van der Waals surface area contributed by atoms with Gasteiger partial charge < -0.3 is 4.74 Å². The number of fused-ring (bicyclic) bond motifs is 2. The lowest BCUT2D eigenvalue weighted by Gasteiger charge is -2.35. The molecule has 20 heavy (non-hydrogen) atoms. The molecule has 1 unspecified atom stereocenters. The molecule has 3 rings (SSSR count). The lowest BCUT2D eigenvalue weighted by atomic mass is 9.72. The molecule has 0 spiro atoms. The monoisotopic (exact) mass is 288 g/mol. The third-order valence-electron chi connectivity index (χ3n) is 3.57. The number of ether oxygens (including phenoxy) is 1. The molecule has 1 atom stereocenters. The second-order valence-electron chi connectivity index (χ2n) is 6.28. The second-order valence-corrected chi connectivity index (χ2v) is 6.66. The van der Waals surface area contributed by atoms with Crippen molar-refractivity contribution >= 4 is 11.6 Å². The van der Waals surface area contributed by atoms with Crippen LogP contribution < -0.4 is 4.74 Å². The highest BCUT2D eigenvalue weighted by Crippen LogP contribution is 2.50. The Morgan fingerprint density at radius 2 is 1.60 bits per heavy atom. The summed E-state index contributed by atoms with van der Waals surface area (Å²) >= 11 is 5.99. The summed E-state index contributed by atoms with van der Waals surface area (Å²) in [5.74, 6) is 1.41. The molecule has 3 heterocycles. The number of hydrogen-bond acceptors (Lipinski definition) is 3. The second kappa shape index (κ2) is 4.45. The normalized spacial score (nSPS) is 17.1. The zero-order valence-electron chi connectivity index (χ0n) is 12.1. The van der Waals surface area contributed by atoms with Gasteiger partial charge in [0.2, 0.25) is 11.8 Å². The first kappa shape index (κ1) is 13.4. The van der Waals surface area contributed by atoms with Gasteiger partial charge in [0.05, 0.1) is 0 Å². The van der Waals surface area contributed by atoms with E-state index >= 15 is 0 Å². The van der Waals surface area contributed by atoms with Crippen LogP contribution in [0.1, 0.15) is 43.5 Å². The zero-order valence-corrected chi connectivity index (χ0v) is 12.8. The molecule has 0 radical (unpaired) electrons. The SMILES string of the molecule is Cc1ccc2c(n1)Oc1nc(Cl)ccc1C2C(C)(C)C. The highest BCUT2D eigenvalue weighted by Gasteiger charge is 2.37. The van der Waals surface area contributed by atoms with Crippen LogP contribution in [-0.2, 0) is 0 Å². The van der Waals surface area contributed by atoms with Crippen LogP contribution in [0.15, 0.2) is 24.3 Å². The highest BCUT2D eigenvalue weighted by molar-refractivity contribution is 6.29. The average molecular weight is 289 g/mol. The van der Waals surface area contributed by atoms with E-state index in [9.17, 15) is 0 Å². The van der Waals surface area contributed by atoms with E-state index in [2.05, 4.69) is 36.8 Å². The Hall–Kier alpha value is -1.61. The highest BCUT2D eigenvalue weighted by atomic mass is 35.5. The van der Waals surface area contributed by atoms with Crippen LogP contribution >= 0.6 is 11.6 Å². The van der Waals surface area contributed by atoms with E-state index in [1.54, 1.807) is 0 Å². The van der Waals surface area contributed by atoms with E-state index in [-0.39, 0.29) is 11.3 Å². The summed E-state index contributed by atoms with van der Waals surface area (Å²) < 4.78 is 5.86. The number of hydrogen-bond donors (Lipinski definition) is 0. The third kappa shape index (κ3) is 2.16. The topological polar surface area (TPSA) is 35.0 Å². The van der Waals surface area contributed by atoms with Gasteiger partial charge in [-0.1, -0.05) is 38.4 Å². The van der Waals surface area contributed by atoms with Crippen LogP contribution in [0, 0.1) is 12.3 Å². The Balaban J connectivity index is 2.24. The first-order valence-electron chi connectivity index (χ1n) is 6.68. The molecule has 3 nitrogen and oxygen atoms in total. The molecular formula is C16H17ClN2O. The fourth-order valence-corrected chi connectivity index (χ4v) is 2.91. The minimum atomic E-state index is 0.0414. The summed E-state index contributed by atoms with van der Waals surface area (Å²) in [7, 11) is 0. The maximum Gasteiger partial charge on any atom is 0.226 e. The number of aromatic nitrogens is 2. The lowest BCUT2D eigenvalue weighted by Crippen LogP contribution is -2.24. The van der Waals surface area contributed by atoms with Gasteiger partial charge in [0, 0.05) is 22.7 Å². The fourth-order valence-electron chi connectivity index (χ4n) is 2.77. The van der Waals surface area contributed by atoms with E-state index in [1.165, 1.54) is 0 Å². The van der Waals surface area contributed by atoms with E-state index < -0.39 is 0 Å². The Bertz CT molecular complexity index is 625. The number of rotatable bonds is 0. The van der Waals surface area contributed by atoms with Crippen LogP contribution in [0.4, 0.5) is 0 Å². The Morgan fingerprint density at radius 1 is 1.00 bits per heavy atom. The molecule has 1 aliphatic heterocycles. The van der Waals surface area contributed by atoms with Crippen molar-refractivity contribution in [1.29, 1.82) is 0 Å². The largest absolute Gasteiger partial charge is 0.420 e. The van der Waals surface area contributed by atoms with E-state index in [0.717, 1.165) is 16.8 Å². The Kier molecular flexibility index (Phi) is 2.98. The van der Waals surface area contributed by atoms with Crippen LogP contribution in [-0.4, -0.2) is 9.97 Å². The first-order chi connectivity index (χ1) is 9.36. The minimum absolute atomic E-state index is 0.0414. The molecule has 2 aromatic heterocycles. The van der Waals surface area contributed by atoms with Gasteiger partial charge in [-0.15, -0.1) is 0 Å². The summed E-state index contributed by atoms with van der Waals surface area (Å²) in [6.07, 6.45) is 0. The molecule has 0 saturated heterocycles. The van der Waals surface area contributed by atoms with Gasteiger partial charge in [0.1, 0.15) is 5.15 Å². The molecule has 0 fully saturated rings. The van der Waals surface area contributed by atoms with E-state index in [4.69, 9.17) is 16.3 Å². The Labute approximate surface area is 124 Å². The molecule has 0 bridgehead atoms. The number of halogens is 1. The van der Waals surface area contributed by atoms with Gasteiger partial charge in [0.15, 0.2) is 0 Å². The molecule has 0 amide bonds. The van der Waals surface area contributed by atoms with Crippen molar-refractivity contribution in [3.05, 3.63) is 46.2 Å². The van der Waals surface area contributed by atoms with Crippen molar-refractivity contribution in [2.75, 3.05) is 0 Å². The van der Waals surface area contributed by atoms with Gasteiger partial charge in [0.25, 0.3) is 0 Å². The van der Waals surface area contributed by atoms with Gasteiger partial charge in [-0.25, -0.2) is 9.97 Å². The van der Waals surface area contributed by atoms with Gasteiger partial charge in [-0.2, -0.15) is 0 Å². The molecule has 0 N–H and O–H groups in total. The van der Waals surface area contributed by atoms with Crippen LogP contribution in [0.2, 0.25) is 5.15 Å². The summed E-state index contributed by atoms with van der Waals surface area (Å²) in [6, 6.07) is 7.94.